The Bertz CT molecular complexity index is 566. The Balaban J connectivity index is 0.00000208. The van der Waals surface area contributed by atoms with Gasteiger partial charge < -0.3 is 10.4 Å². The third-order valence-corrected chi connectivity index (χ3v) is 6.23. The minimum Gasteiger partial charge on any atom is -0.480 e. The molecule has 1 saturated carbocycles. The van der Waals surface area contributed by atoms with Crippen LogP contribution in [0.5, 0.6) is 0 Å². The first-order chi connectivity index (χ1) is 11.1. The van der Waals surface area contributed by atoms with Crippen molar-refractivity contribution < 1.29 is 14.7 Å². The number of carboxylic acid groups (broad SMARTS) is 1. The summed E-state index contributed by atoms with van der Waals surface area (Å²) in [5.74, 6) is -0.436. The number of carbonyl (C=O) groups excluding carboxylic acids is 1. The van der Waals surface area contributed by atoms with Crippen LogP contribution >= 0.6 is 23.7 Å². The average Bonchev–Trinajstić information content (AvgIpc) is 3.15. The number of hydrogen-bond acceptors (Lipinski definition) is 4. The highest BCUT2D eigenvalue weighted by molar-refractivity contribution is 7.10. The van der Waals surface area contributed by atoms with Crippen LogP contribution in [0.2, 0.25) is 0 Å². The maximum absolute atomic E-state index is 12.4. The van der Waals surface area contributed by atoms with E-state index < -0.39 is 12.0 Å². The van der Waals surface area contributed by atoms with E-state index in [0.717, 1.165) is 24.1 Å². The monoisotopic (exact) mass is 372 g/mol. The molecule has 24 heavy (non-hydrogen) atoms. The van der Waals surface area contributed by atoms with Crippen LogP contribution < -0.4 is 5.32 Å². The molecule has 3 rings (SSSR count). The molecule has 7 heteroatoms. The number of halogens is 1. The highest BCUT2D eigenvalue weighted by Crippen LogP contribution is 2.39. The Hall–Kier alpha value is -1.11. The number of nitrogens with zero attached hydrogens (tertiary/aromatic N) is 1. The zero-order valence-corrected chi connectivity index (χ0v) is 15.4. The molecule has 5 nitrogen and oxygen atoms in total. The summed E-state index contributed by atoms with van der Waals surface area (Å²) in [5, 5.41) is 14.5. The number of fused-ring (bicyclic) bond motifs is 1. The second-order valence-corrected chi connectivity index (χ2v) is 7.66. The van der Waals surface area contributed by atoms with Gasteiger partial charge in [-0.05, 0) is 43.6 Å². The van der Waals surface area contributed by atoms with E-state index in [9.17, 15) is 14.7 Å². The van der Waals surface area contributed by atoms with Crippen molar-refractivity contribution in [2.75, 3.05) is 6.54 Å². The van der Waals surface area contributed by atoms with Gasteiger partial charge in [-0.15, -0.1) is 23.7 Å². The van der Waals surface area contributed by atoms with Crippen LogP contribution in [0.3, 0.4) is 0 Å². The van der Waals surface area contributed by atoms with E-state index in [4.69, 9.17) is 0 Å². The fraction of sp³-hybridized carbons (Fsp3) is 0.647. The number of nitrogens with one attached hydrogen (secondary N) is 1. The number of aliphatic carboxylic acids is 1. The quantitative estimate of drug-likeness (QED) is 0.833. The Kier molecular flexibility index (Phi) is 6.66. The van der Waals surface area contributed by atoms with Crippen molar-refractivity contribution in [3.8, 4) is 0 Å². The molecule has 2 heterocycles. The van der Waals surface area contributed by atoms with Crippen LogP contribution in [0.25, 0.3) is 0 Å². The first-order valence-electron chi connectivity index (χ1n) is 8.37. The summed E-state index contributed by atoms with van der Waals surface area (Å²) in [4.78, 5) is 27.0. The molecule has 1 aliphatic heterocycles. The van der Waals surface area contributed by atoms with Gasteiger partial charge in [0.25, 0.3) is 0 Å². The van der Waals surface area contributed by atoms with Crippen molar-refractivity contribution >= 4 is 35.6 Å². The zero-order chi connectivity index (χ0) is 16.4. The lowest BCUT2D eigenvalue weighted by Crippen LogP contribution is -2.47. The summed E-state index contributed by atoms with van der Waals surface area (Å²) in [6.45, 7) is 2.15. The highest BCUT2D eigenvalue weighted by Gasteiger charge is 2.45. The maximum Gasteiger partial charge on any atom is 0.320 e. The van der Waals surface area contributed by atoms with Gasteiger partial charge in [0.15, 0.2) is 0 Å². The van der Waals surface area contributed by atoms with Crippen LogP contribution in [0.4, 0.5) is 0 Å². The molecule has 4 unspecified atom stereocenters. The van der Waals surface area contributed by atoms with Gasteiger partial charge in [0.05, 0.1) is 12.6 Å². The summed E-state index contributed by atoms with van der Waals surface area (Å²) >= 11 is 1.62. The summed E-state index contributed by atoms with van der Waals surface area (Å²) in [6, 6.07) is 3.69. The molecule has 0 spiro atoms. The van der Waals surface area contributed by atoms with Gasteiger partial charge in [0.1, 0.15) is 6.04 Å². The third kappa shape index (κ3) is 4.10. The van der Waals surface area contributed by atoms with Gasteiger partial charge in [-0.25, -0.2) is 0 Å². The number of thiophene rings is 1. The minimum absolute atomic E-state index is 0. The Morgan fingerprint density at radius 3 is 2.83 bits per heavy atom. The molecular weight excluding hydrogens is 348 g/mol. The number of carbonyl (C=O) groups is 2. The van der Waals surface area contributed by atoms with Crippen molar-refractivity contribution in [1.82, 2.24) is 10.2 Å². The predicted molar refractivity (Wildman–Crippen MR) is 96.6 cm³/mol. The first-order valence-corrected chi connectivity index (χ1v) is 9.25. The van der Waals surface area contributed by atoms with Gasteiger partial charge in [0.2, 0.25) is 5.91 Å². The van der Waals surface area contributed by atoms with E-state index in [2.05, 4.69) is 5.32 Å². The molecule has 2 aliphatic rings. The van der Waals surface area contributed by atoms with Crippen molar-refractivity contribution in [3.63, 3.8) is 0 Å². The molecule has 0 bridgehead atoms. The van der Waals surface area contributed by atoms with Crippen LogP contribution in [0.15, 0.2) is 17.5 Å². The van der Waals surface area contributed by atoms with E-state index in [1.54, 1.807) is 11.3 Å². The zero-order valence-electron chi connectivity index (χ0n) is 13.8. The molecule has 0 aromatic carbocycles. The van der Waals surface area contributed by atoms with Crippen molar-refractivity contribution in [1.29, 1.82) is 0 Å². The normalized spacial score (nSPS) is 27.8. The predicted octanol–water partition coefficient (Wildman–Crippen LogP) is 3.06. The summed E-state index contributed by atoms with van der Waals surface area (Å²) in [6.07, 6.45) is 5.12. The fourth-order valence-corrected chi connectivity index (χ4v) is 4.82. The van der Waals surface area contributed by atoms with Crippen LogP contribution in [0, 0.1) is 5.92 Å². The maximum atomic E-state index is 12.4. The molecule has 1 amide bonds. The van der Waals surface area contributed by atoms with Crippen molar-refractivity contribution in [2.24, 2.45) is 5.92 Å². The summed E-state index contributed by atoms with van der Waals surface area (Å²) < 4.78 is 0. The van der Waals surface area contributed by atoms with Crippen molar-refractivity contribution in [2.45, 2.75) is 57.2 Å². The molecule has 4 atom stereocenters. The summed E-state index contributed by atoms with van der Waals surface area (Å²) in [7, 11) is 0. The number of carboxylic acids is 1. The molecule has 1 aromatic rings. The fourth-order valence-electron chi connectivity index (χ4n) is 4.08. The SMILES string of the molecule is CC(NC(=O)CN1C(C(=O)O)CC2CCCCC21)c1cccs1.Cl. The van der Waals surface area contributed by atoms with Gasteiger partial charge in [-0.2, -0.15) is 0 Å². The molecule has 134 valence electrons. The number of likely N-dealkylation sites (tertiary alicyclic amines) is 1. The van der Waals surface area contributed by atoms with Crippen molar-refractivity contribution in [3.05, 3.63) is 22.4 Å². The lowest BCUT2D eigenvalue weighted by atomic mass is 9.85. The highest BCUT2D eigenvalue weighted by atomic mass is 35.5. The molecule has 1 saturated heterocycles. The van der Waals surface area contributed by atoms with E-state index >= 15 is 0 Å². The van der Waals surface area contributed by atoms with Gasteiger partial charge in [0, 0.05) is 10.9 Å². The molecule has 1 aliphatic carbocycles. The van der Waals surface area contributed by atoms with E-state index in [1.165, 1.54) is 6.42 Å². The Labute approximate surface area is 152 Å². The molecule has 1 aromatic heterocycles. The Morgan fingerprint density at radius 2 is 2.17 bits per heavy atom. The number of hydrogen-bond donors (Lipinski definition) is 2. The third-order valence-electron chi connectivity index (χ3n) is 5.18. The van der Waals surface area contributed by atoms with Gasteiger partial charge in [-0.3, -0.25) is 14.5 Å². The van der Waals surface area contributed by atoms with Crippen LogP contribution in [-0.4, -0.2) is 40.5 Å². The van der Waals surface area contributed by atoms with E-state index in [0.29, 0.717) is 12.3 Å². The minimum atomic E-state index is -0.793. The topological polar surface area (TPSA) is 69.6 Å². The molecule has 2 fully saturated rings. The lowest BCUT2D eigenvalue weighted by Gasteiger charge is -2.32. The lowest BCUT2D eigenvalue weighted by molar-refractivity contribution is -0.143. The Morgan fingerprint density at radius 1 is 1.42 bits per heavy atom. The second kappa shape index (κ2) is 8.32. The van der Waals surface area contributed by atoms with Gasteiger partial charge >= 0.3 is 5.97 Å². The molecule has 2 N–H and O–H groups in total. The smallest absolute Gasteiger partial charge is 0.320 e. The summed E-state index contributed by atoms with van der Waals surface area (Å²) in [5.41, 5.74) is 0. The van der Waals surface area contributed by atoms with E-state index in [-0.39, 0.29) is 36.9 Å². The molecule has 0 radical (unpaired) electrons. The number of amides is 1. The molecular formula is C17H25ClN2O3S. The van der Waals surface area contributed by atoms with E-state index in [1.807, 2.05) is 29.3 Å². The number of rotatable bonds is 5. The largest absolute Gasteiger partial charge is 0.480 e. The van der Waals surface area contributed by atoms with Gasteiger partial charge in [-0.1, -0.05) is 18.9 Å². The standard InChI is InChI=1S/C17H24N2O3S.ClH/c1-11(15-7-4-8-23-15)18-16(20)10-19-13-6-3-2-5-12(13)9-14(19)17(21)22;/h4,7-8,11-14H,2-3,5-6,9-10H2,1H3,(H,18,20)(H,21,22);1H. The average molecular weight is 373 g/mol. The first kappa shape index (κ1) is 19.2. The second-order valence-electron chi connectivity index (χ2n) is 6.68. The van der Waals surface area contributed by atoms with Crippen LogP contribution in [-0.2, 0) is 9.59 Å². The van der Waals surface area contributed by atoms with Crippen LogP contribution in [0.1, 0.15) is 49.9 Å².